The SMILES string of the molecule is O=C1CC(c2ccc3c(c2)CCO3)N1S(=O)(=O)Cl. The van der Waals surface area contributed by atoms with Gasteiger partial charge in [0.05, 0.1) is 19.1 Å². The molecule has 1 aromatic rings. The molecule has 3 rings (SSSR count). The van der Waals surface area contributed by atoms with E-state index in [0.29, 0.717) is 6.61 Å². The number of carbonyl (C=O) groups is 1. The molecule has 1 aromatic carbocycles. The first-order valence-electron chi connectivity index (χ1n) is 5.49. The smallest absolute Gasteiger partial charge is 0.324 e. The minimum absolute atomic E-state index is 0.172. The van der Waals surface area contributed by atoms with Crippen LogP contribution in [-0.4, -0.2) is 25.2 Å². The van der Waals surface area contributed by atoms with Crippen molar-refractivity contribution < 1.29 is 17.9 Å². The monoisotopic (exact) mass is 287 g/mol. The average Bonchev–Trinajstić information content (AvgIpc) is 2.69. The van der Waals surface area contributed by atoms with Crippen LogP contribution in [0.25, 0.3) is 0 Å². The van der Waals surface area contributed by atoms with Gasteiger partial charge in [0.1, 0.15) is 5.75 Å². The van der Waals surface area contributed by atoms with Crippen LogP contribution in [0.4, 0.5) is 0 Å². The predicted octanol–water partition coefficient (Wildman–Crippen LogP) is 1.38. The molecule has 2 aliphatic rings. The maximum atomic E-state index is 11.3. The van der Waals surface area contributed by atoms with Crippen molar-refractivity contribution in [3.63, 3.8) is 0 Å². The zero-order valence-electron chi connectivity index (χ0n) is 9.30. The van der Waals surface area contributed by atoms with Crippen LogP contribution >= 0.6 is 10.7 Å². The minimum atomic E-state index is -4.00. The van der Waals surface area contributed by atoms with E-state index in [2.05, 4.69) is 0 Å². The standard InChI is InChI=1S/C11H10ClNO4S/c12-18(15,16)13-9(6-11(13)14)7-1-2-10-8(5-7)3-4-17-10/h1-2,5,9H,3-4,6H2. The van der Waals surface area contributed by atoms with E-state index in [1.54, 1.807) is 12.1 Å². The maximum absolute atomic E-state index is 11.3. The Bertz CT molecular complexity index is 628. The van der Waals surface area contributed by atoms with Crippen LogP contribution < -0.4 is 4.74 Å². The first-order chi connectivity index (χ1) is 8.47. The van der Waals surface area contributed by atoms with Crippen LogP contribution in [0, 0.1) is 0 Å². The molecule has 0 saturated carbocycles. The Morgan fingerprint density at radius 2 is 2.17 bits per heavy atom. The molecule has 0 aliphatic carbocycles. The summed E-state index contributed by atoms with van der Waals surface area (Å²) >= 11 is 0. The largest absolute Gasteiger partial charge is 0.493 e. The van der Waals surface area contributed by atoms with Gasteiger partial charge in [-0.25, -0.2) is 4.31 Å². The minimum Gasteiger partial charge on any atom is -0.493 e. The molecule has 7 heteroatoms. The van der Waals surface area contributed by atoms with Crippen molar-refractivity contribution in [1.82, 2.24) is 4.31 Å². The second-order valence-corrected chi connectivity index (χ2v) is 6.70. The molecule has 1 amide bonds. The average molecular weight is 288 g/mol. The van der Waals surface area contributed by atoms with Crippen LogP contribution in [0.5, 0.6) is 5.75 Å². The molecular weight excluding hydrogens is 278 g/mol. The van der Waals surface area contributed by atoms with E-state index in [4.69, 9.17) is 15.4 Å². The number of benzene rings is 1. The van der Waals surface area contributed by atoms with E-state index in [-0.39, 0.29) is 6.42 Å². The molecule has 2 heterocycles. The van der Waals surface area contributed by atoms with Crippen LogP contribution in [-0.2, 0) is 20.5 Å². The summed E-state index contributed by atoms with van der Waals surface area (Å²) in [5, 5.41) is 0. The molecule has 1 saturated heterocycles. The highest BCUT2D eigenvalue weighted by atomic mass is 35.7. The molecular formula is C11H10ClNO4S. The van der Waals surface area contributed by atoms with Gasteiger partial charge in [-0.15, -0.1) is 0 Å². The maximum Gasteiger partial charge on any atom is 0.324 e. The Morgan fingerprint density at radius 3 is 2.83 bits per heavy atom. The van der Waals surface area contributed by atoms with E-state index in [9.17, 15) is 13.2 Å². The number of fused-ring (bicyclic) bond motifs is 1. The number of hydrogen-bond donors (Lipinski definition) is 0. The molecule has 0 aromatic heterocycles. The van der Waals surface area contributed by atoms with Crippen molar-refractivity contribution in [3.8, 4) is 5.75 Å². The highest BCUT2D eigenvalue weighted by Crippen LogP contribution is 2.40. The topological polar surface area (TPSA) is 63.7 Å². The normalized spacial score (nSPS) is 22.4. The van der Waals surface area contributed by atoms with Gasteiger partial charge in [0.15, 0.2) is 0 Å². The van der Waals surface area contributed by atoms with Gasteiger partial charge in [0.2, 0.25) is 5.91 Å². The van der Waals surface area contributed by atoms with Crippen molar-refractivity contribution in [3.05, 3.63) is 29.3 Å². The lowest BCUT2D eigenvalue weighted by Gasteiger charge is -2.37. The van der Waals surface area contributed by atoms with E-state index in [1.807, 2.05) is 6.07 Å². The molecule has 1 unspecified atom stereocenters. The Balaban J connectivity index is 1.94. The number of nitrogens with zero attached hydrogens (tertiary/aromatic N) is 1. The summed E-state index contributed by atoms with van der Waals surface area (Å²) in [5.74, 6) is 0.358. The first-order valence-corrected chi connectivity index (χ1v) is 7.76. The lowest BCUT2D eigenvalue weighted by atomic mass is 9.95. The first kappa shape index (κ1) is 11.8. The fourth-order valence-corrected chi connectivity index (χ4v) is 3.68. The fraction of sp³-hybridized carbons (Fsp3) is 0.364. The highest BCUT2D eigenvalue weighted by Gasteiger charge is 2.44. The van der Waals surface area contributed by atoms with Crippen LogP contribution in [0.1, 0.15) is 23.6 Å². The van der Waals surface area contributed by atoms with E-state index in [0.717, 1.165) is 27.6 Å². The Hall–Kier alpha value is -1.27. The van der Waals surface area contributed by atoms with Gasteiger partial charge in [0, 0.05) is 17.1 Å². The molecule has 0 radical (unpaired) electrons. The molecule has 18 heavy (non-hydrogen) atoms. The second-order valence-electron chi connectivity index (χ2n) is 4.32. The van der Waals surface area contributed by atoms with Gasteiger partial charge >= 0.3 is 9.24 Å². The van der Waals surface area contributed by atoms with Gasteiger partial charge in [-0.05, 0) is 23.3 Å². The molecule has 96 valence electrons. The second kappa shape index (κ2) is 3.86. The van der Waals surface area contributed by atoms with Gasteiger partial charge in [-0.2, -0.15) is 8.42 Å². The molecule has 0 bridgehead atoms. The number of amides is 1. The number of rotatable bonds is 2. The predicted molar refractivity (Wildman–Crippen MR) is 64.6 cm³/mol. The number of carbonyl (C=O) groups excluding carboxylic acids is 1. The van der Waals surface area contributed by atoms with Crippen LogP contribution in [0.2, 0.25) is 0 Å². The lowest BCUT2D eigenvalue weighted by Crippen LogP contribution is -2.47. The number of hydrogen-bond acceptors (Lipinski definition) is 4. The third kappa shape index (κ3) is 1.76. The quantitative estimate of drug-likeness (QED) is 0.609. The highest BCUT2D eigenvalue weighted by molar-refractivity contribution is 8.12. The van der Waals surface area contributed by atoms with Crippen molar-refractivity contribution >= 4 is 25.8 Å². The zero-order chi connectivity index (χ0) is 12.9. The Labute approximate surface area is 109 Å². The van der Waals surface area contributed by atoms with Crippen molar-refractivity contribution in [1.29, 1.82) is 0 Å². The summed E-state index contributed by atoms with van der Waals surface area (Å²) in [7, 11) is 1.24. The third-order valence-electron chi connectivity index (χ3n) is 3.23. The third-order valence-corrected chi connectivity index (χ3v) is 4.60. The Morgan fingerprint density at radius 1 is 1.39 bits per heavy atom. The number of ether oxygens (including phenoxy) is 1. The van der Waals surface area contributed by atoms with Crippen molar-refractivity contribution in [2.45, 2.75) is 18.9 Å². The number of halogens is 1. The molecule has 2 aliphatic heterocycles. The van der Waals surface area contributed by atoms with Gasteiger partial charge in [-0.3, -0.25) is 4.79 Å². The van der Waals surface area contributed by atoms with Gasteiger partial charge in [-0.1, -0.05) is 6.07 Å². The van der Waals surface area contributed by atoms with Crippen molar-refractivity contribution in [2.24, 2.45) is 0 Å². The summed E-state index contributed by atoms with van der Waals surface area (Å²) < 4.78 is 28.7. The number of β-lactam (4-membered cyclic amide) rings is 1. The zero-order valence-corrected chi connectivity index (χ0v) is 10.9. The van der Waals surface area contributed by atoms with E-state index >= 15 is 0 Å². The lowest BCUT2D eigenvalue weighted by molar-refractivity contribution is -0.137. The summed E-state index contributed by atoms with van der Waals surface area (Å²) in [5.41, 5.74) is 1.82. The van der Waals surface area contributed by atoms with E-state index < -0.39 is 21.2 Å². The van der Waals surface area contributed by atoms with Gasteiger partial charge in [0.25, 0.3) is 0 Å². The summed E-state index contributed by atoms with van der Waals surface area (Å²) in [6.07, 6.45) is 0.975. The summed E-state index contributed by atoms with van der Waals surface area (Å²) in [6, 6.07) is 4.98. The molecule has 1 fully saturated rings. The molecule has 5 nitrogen and oxygen atoms in total. The van der Waals surface area contributed by atoms with E-state index in [1.165, 1.54) is 0 Å². The summed E-state index contributed by atoms with van der Waals surface area (Å²) in [4.78, 5) is 11.3. The van der Waals surface area contributed by atoms with Crippen molar-refractivity contribution in [2.75, 3.05) is 6.61 Å². The van der Waals surface area contributed by atoms with Crippen LogP contribution in [0.15, 0.2) is 18.2 Å². The molecule has 0 N–H and O–H groups in total. The molecule has 1 atom stereocenters. The Kier molecular flexibility index (Phi) is 2.53. The van der Waals surface area contributed by atoms with Gasteiger partial charge < -0.3 is 4.74 Å². The fourth-order valence-electron chi connectivity index (χ4n) is 2.34. The summed E-state index contributed by atoms with van der Waals surface area (Å²) in [6.45, 7) is 0.639. The van der Waals surface area contributed by atoms with Crippen LogP contribution in [0.3, 0.4) is 0 Å². The molecule has 0 spiro atoms.